The van der Waals surface area contributed by atoms with E-state index in [-0.39, 0.29) is 17.8 Å². The number of aromatic nitrogens is 3. The summed E-state index contributed by atoms with van der Waals surface area (Å²) < 4.78 is 18.5. The monoisotopic (exact) mass is 501 g/mol. The highest BCUT2D eigenvalue weighted by Gasteiger charge is 2.27. The zero-order chi connectivity index (χ0) is 25.6. The molecule has 1 fully saturated rings. The van der Waals surface area contributed by atoms with E-state index in [9.17, 15) is 9.18 Å². The number of oxazole rings is 1. The second kappa shape index (κ2) is 11.2. The third-order valence-electron chi connectivity index (χ3n) is 6.34. The van der Waals surface area contributed by atoms with Gasteiger partial charge in [0.15, 0.2) is 0 Å². The van der Waals surface area contributed by atoms with Crippen LogP contribution in [0.5, 0.6) is 0 Å². The van der Waals surface area contributed by atoms with Gasteiger partial charge in [0, 0.05) is 42.3 Å². The predicted octanol–water partition coefficient (Wildman–Crippen LogP) is 4.83. The molecule has 2 aromatic heterocycles. The highest BCUT2D eigenvalue weighted by atomic mass is 19.1. The Kier molecular flexibility index (Phi) is 7.36. The van der Waals surface area contributed by atoms with Gasteiger partial charge in [-0.3, -0.25) is 9.69 Å². The van der Waals surface area contributed by atoms with Gasteiger partial charge in [0.05, 0.1) is 12.7 Å². The molecule has 4 aromatic rings. The normalized spacial score (nSPS) is 15.5. The summed E-state index contributed by atoms with van der Waals surface area (Å²) in [6.07, 6.45) is 6.83. The summed E-state index contributed by atoms with van der Waals surface area (Å²) >= 11 is 0. The van der Waals surface area contributed by atoms with Crippen molar-refractivity contribution in [1.82, 2.24) is 24.8 Å². The number of nitrogens with zero attached hydrogens (tertiary/aromatic N) is 5. The quantitative estimate of drug-likeness (QED) is 0.354. The summed E-state index contributed by atoms with van der Waals surface area (Å²) in [7, 11) is 2.04. The fourth-order valence-corrected chi connectivity index (χ4v) is 4.35. The molecule has 3 heterocycles. The second-order valence-corrected chi connectivity index (χ2v) is 8.99. The third kappa shape index (κ3) is 6.28. The maximum atomic E-state index is 13.2. The lowest BCUT2D eigenvalue weighted by Crippen LogP contribution is -2.48. The fraction of sp³-hybridized carbons (Fsp3) is 0.259. The molecule has 10 heteroatoms. The van der Waals surface area contributed by atoms with Crippen LogP contribution in [0.15, 0.2) is 77.7 Å². The minimum absolute atomic E-state index is 0.0162. The van der Waals surface area contributed by atoms with Crippen LogP contribution in [0.25, 0.3) is 0 Å². The topological polar surface area (TPSA) is 99.4 Å². The molecule has 0 bridgehead atoms. The average molecular weight is 502 g/mol. The van der Waals surface area contributed by atoms with Crippen LogP contribution in [0.2, 0.25) is 0 Å². The Morgan fingerprint density at radius 3 is 2.57 bits per heavy atom. The van der Waals surface area contributed by atoms with E-state index in [4.69, 9.17) is 4.42 Å². The Morgan fingerprint density at radius 2 is 1.81 bits per heavy atom. The van der Waals surface area contributed by atoms with Crippen molar-refractivity contribution < 1.29 is 13.6 Å². The number of carbonyl (C=O) groups is 1. The summed E-state index contributed by atoms with van der Waals surface area (Å²) in [5, 5.41) is 6.28. The molecule has 0 spiro atoms. The van der Waals surface area contributed by atoms with E-state index in [1.807, 2.05) is 36.2 Å². The lowest BCUT2D eigenvalue weighted by atomic mass is 10.0. The lowest BCUT2D eigenvalue weighted by molar-refractivity contribution is 0.0592. The maximum absolute atomic E-state index is 13.2. The molecule has 37 heavy (non-hydrogen) atoms. The van der Waals surface area contributed by atoms with Crippen LogP contribution in [0.1, 0.15) is 29.1 Å². The van der Waals surface area contributed by atoms with Gasteiger partial charge in [-0.2, -0.15) is 4.98 Å². The molecule has 1 unspecified atom stereocenters. The van der Waals surface area contributed by atoms with Crippen LogP contribution in [-0.2, 0) is 6.54 Å². The molecule has 2 N–H and O–H groups in total. The molecule has 0 saturated carbocycles. The molecule has 1 atom stereocenters. The Hall–Kier alpha value is -4.31. The van der Waals surface area contributed by atoms with Gasteiger partial charge in [0.25, 0.3) is 5.91 Å². The first-order valence-electron chi connectivity index (χ1n) is 12.1. The highest BCUT2D eigenvalue weighted by molar-refractivity contribution is 5.94. The van der Waals surface area contributed by atoms with E-state index in [1.165, 1.54) is 12.1 Å². The smallest absolute Gasteiger partial charge is 0.253 e. The van der Waals surface area contributed by atoms with Crippen molar-refractivity contribution in [2.75, 3.05) is 30.8 Å². The molecular formula is C27H28FN7O2. The number of anilines is 4. The second-order valence-electron chi connectivity index (χ2n) is 8.99. The Labute approximate surface area is 214 Å². The van der Waals surface area contributed by atoms with Crippen LogP contribution < -0.4 is 10.6 Å². The summed E-state index contributed by atoms with van der Waals surface area (Å²) in [4.78, 5) is 30.2. The van der Waals surface area contributed by atoms with E-state index in [2.05, 4.69) is 30.5 Å². The number of piperidine rings is 1. The number of rotatable bonds is 8. The number of likely N-dealkylation sites (N-methyl/N-ethyl adjacent to an activating group) is 1. The molecule has 0 radical (unpaired) electrons. The van der Waals surface area contributed by atoms with Crippen molar-refractivity contribution in [3.63, 3.8) is 0 Å². The standard InChI is InChI=1S/C27H28FN7O2/c1-34(18-25-29-14-16-37-25)23-3-2-15-35(17-23)26(36)19-4-8-22(9-5-19)32-27-30-13-12-24(33-27)31-21-10-6-20(28)7-11-21/h4-14,16,23H,2-3,15,17-18H2,1H3,(H2,30,31,32,33). The number of amides is 1. The van der Waals surface area contributed by atoms with Crippen LogP contribution >= 0.6 is 0 Å². The van der Waals surface area contributed by atoms with Crippen molar-refractivity contribution in [3.8, 4) is 0 Å². The lowest BCUT2D eigenvalue weighted by Gasteiger charge is -2.37. The van der Waals surface area contributed by atoms with Crippen molar-refractivity contribution in [3.05, 3.63) is 90.5 Å². The molecular weight excluding hydrogens is 473 g/mol. The number of benzene rings is 2. The third-order valence-corrected chi connectivity index (χ3v) is 6.34. The van der Waals surface area contributed by atoms with Gasteiger partial charge in [0.2, 0.25) is 11.8 Å². The van der Waals surface area contributed by atoms with Crippen molar-refractivity contribution >= 4 is 29.0 Å². The number of halogens is 1. The molecule has 1 aliphatic rings. The minimum Gasteiger partial charge on any atom is -0.448 e. The molecule has 5 rings (SSSR count). The van der Waals surface area contributed by atoms with Gasteiger partial charge < -0.3 is 20.0 Å². The molecule has 190 valence electrons. The molecule has 1 amide bonds. The molecule has 2 aromatic carbocycles. The Balaban J connectivity index is 1.18. The number of hydrogen-bond acceptors (Lipinski definition) is 8. The molecule has 1 saturated heterocycles. The molecule has 1 aliphatic heterocycles. The van der Waals surface area contributed by atoms with Crippen LogP contribution in [-0.4, -0.2) is 56.8 Å². The van der Waals surface area contributed by atoms with Gasteiger partial charge in [-0.1, -0.05) is 0 Å². The van der Waals surface area contributed by atoms with Gasteiger partial charge in [0.1, 0.15) is 17.9 Å². The number of carbonyl (C=O) groups excluding carboxylic acids is 1. The fourth-order valence-electron chi connectivity index (χ4n) is 4.35. The number of hydrogen-bond donors (Lipinski definition) is 2. The largest absolute Gasteiger partial charge is 0.448 e. The predicted molar refractivity (Wildman–Crippen MR) is 138 cm³/mol. The van der Waals surface area contributed by atoms with Crippen LogP contribution in [0.4, 0.5) is 27.5 Å². The van der Waals surface area contributed by atoms with Gasteiger partial charge in [-0.05, 0) is 74.5 Å². The number of nitrogens with one attached hydrogen (secondary N) is 2. The molecule has 0 aliphatic carbocycles. The van der Waals surface area contributed by atoms with Crippen molar-refractivity contribution in [2.24, 2.45) is 0 Å². The number of likely N-dealkylation sites (tertiary alicyclic amines) is 1. The average Bonchev–Trinajstić information content (AvgIpc) is 3.43. The van der Waals surface area contributed by atoms with Gasteiger partial charge in [-0.25, -0.2) is 14.4 Å². The maximum Gasteiger partial charge on any atom is 0.253 e. The summed E-state index contributed by atoms with van der Waals surface area (Å²) in [6.45, 7) is 2.02. The van der Waals surface area contributed by atoms with E-state index in [0.717, 1.165) is 30.8 Å². The summed E-state index contributed by atoms with van der Waals surface area (Å²) in [5.41, 5.74) is 2.12. The zero-order valence-electron chi connectivity index (χ0n) is 20.5. The van der Waals surface area contributed by atoms with Crippen molar-refractivity contribution in [2.45, 2.75) is 25.4 Å². The van der Waals surface area contributed by atoms with Gasteiger partial charge in [-0.15, -0.1) is 0 Å². The Morgan fingerprint density at radius 1 is 1.05 bits per heavy atom. The minimum atomic E-state index is -0.299. The van der Waals surface area contributed by atoms with Crippen molar-refractivity contribution in [1.29, 1.82) is 0 Å². The van der Waals surface area contributed by atoms with Gasteiger partial charge >= 0.3 is 0 Å². The summed E-state index contributed by atoms with van der Waals surface area (Å²) in [5.74, 6) is 1.37. The van der Waals surface area contributed by atoms with E-state index < -0.39 is 0 Å². The first-order valence-corrected chi connectivity index (χ1v) is 12.1. The van der Waals surface area contributed by atoms with Crippen LogP contribution in [0.3, 0.4) is 0 Å². The highest BCUT2D eigenvalue weighted by Crippen LogP contribution is 2.21. The van der Waals surface area contributed by atoms with E-state index >= 15 is 0 Å². The Bertz CT molecular complexity index is 1310. The SMILES string of the molecule is CN(Cc1ncco1)C1CCCN(C(=O)c2ccc(Nc3nccc(Nc4ccc(F)cc4)n3)cc2)C1. The van der Waals surface area contributed by atoms with E-state index in [0.29, 0.717) is 36.3 Å². The summed E-state index contributed by atoms with van der Waals surface area (Å²) in [6, 6.07) is 15.3. The molecule has 9 nitrogen and oxygen atoms in total. The first-order chi connectivity index (χ1) is 18.0. The first kappa shape index (κ1) is 24.4. The van der Waals surface area contributed by atoms with E-state index in [1.54, 1.807) is 36.9 Å². The van der Waals surface area contributed by atoms with Crippen LogP contribution in [0, 0.1) is 5.82 Å². The zero-order valence-corrected chi connectivity index (χ0v) is 20.5.